The van der Waals surface area contributed by atoms with E-state index in [1.54, 1.807) is 6.20 Å². The molecule has 4 aromatic carbocycles. The third kappa shape index (κ3) is 4.25. The molecule has 8 aromatic rings. The minimum absolute atomic E-state index is 0.827. The topological polar surface area (TPSA) is 64.5 Å². The fourth-order valence-electron chi connectivity index (χ4n) is 5.41. The van der Waals surface area contributed by atoms with Crippen LogP contribution in [0, 0.1) is 0 Å². The van der Waals surface area contributed by atoms with Gasteiger partial charge in [-0.25, -0.2) is 19.9 Å². The maximum Gasteiger partial charge on any atom is 0.0973 e. The predicted molar refractivity (Wildman–Crippen MR) is 170 cm³/mol. The Hall–Kier alpha value is -5.81. The molecule has 0 amide bonds. The number of para-hydroxylation sites is 2. The minimum Gasteiger partial charge on any atom is -0.255 e. The van der Waals surface area contributed by atoms with Crippen LogP contribution in [0.25, 0.3) is 78.0 Å². The van der Waals surface area contributed by atoms with Crippen molar-refractivity contribution < 1.29 is 0 Å². The first kappa shape index (κ1) is 24.0. The molecule has 0 N–H and O–H groups in total. The highest BCUT2D eigenvalue weighted by Gasteiger charge is 2.15. The summed E-state index contributed by atoms with van der Waals surface area (Å²) in [6, 6.07) is 45.0. The van der Waals surface area contributed by atoms with Gasteiger partial charge in [0.15, 0.2) is 0 Å². The Labute approximate surface area is 242 Å². The first-order valence-corrected chi connectivity index (χ1v) is 13.9. The van der Waals surface area contributed by atoms with Crippen molar-refractivity contribution in [2.24, 2.45) is 0 Å². The van der Waals surface area contributed by atoms with Crippen LogP contribution in [0.15, 0.2) is 140 Å². The van der Waals surface area contributed by atoms with E-state index in [4.69, 9.17) is 19.9 Å². The van der Waals surface area contributed by atoms with Crippen molar-refractivity contribution >= 4 is 32.8 Å². The van der Waals surface area contributed by atoms with Gasteiger partial charge in [0.05, 0.1) is 50.5 Å². The first-order valence-electron chi connectivity index (χ1n) is 13.9. The van der Waals surface area contributed by atoms with Crippen molar-refractivity contribution in [3.8, 4) is 45.2 Å². The average molecular weight is 538 g/mol. The van der Waals surface area contributed by atoms with E-state index < -0.39 is 0 Å². The van der Waals surface area contributed by atoms with E-state index in [2.05, 4.69) is 71.7 Å². The van der Waals surface area contributed by atoms with Gasteiger partial charge in [0, 0.05) is 33.7 Å². The molecule has 0 aliphatic carbocycles. The largest absolute Gasteiger partial charge is 0.255 e. The number of rotatable bonds is 4. The van der Waals surface area contributed by atoms with Crippen molar-refractivity contribution in [1.82, 2.24) is 24.9 Å². The third-order valence-corrected chi connectivity index (χ3v) is 7.50. The zero-order valence-corrected chi connectivity index (χ0v) is 22.5. The summed E-state index contributed by atoms with van der Waals surface area (Å²) in [4.78, 5) is 24.8. The van der Waals surface area contributed by atoms with Gasteiger partial charge < -0.3 is 0 Å². The molecule has 42 heavy (non-hydrogen) atoms. The van der Waals surface area contributed by atoms with Crippen molar-refractivity contribution in [1.29, 1.82) is 0 Å². The summed E-state index contributed by atoms with van der Waals surface area (Å²) in [7, 11) is 0. The molecule has 0 spiro atoms. The molecule has 5 nitrogen and oxygen atoms in total. The molecule has 0 atom stereocenters. The van der Waals surface area contributed by atoms with Crippen molar-refractivity contribution in [2.75, 3.05) is 0 Å². The van der Waals surface area contributed by atoms with Crippen LogP contribution in [0.3, 0.4) is 0 Å². The number of nitrogens with zero attached hydrogens (tertiary/aromatic N) is 5. The van der Waals surface area contributed by atoms with Crippen LogP contribution in [-0.4, -0.2) is 24.9 Å². The van der Waals surface area contributed by atoms with E-state index in [1.807, 2.05) is 66.7 Å². The van der Waals surface area contributed by atoms with Crippen LogP contribution in [0.5, 0.6) is 0 Å². The maximum absolute atomic E-state index is 5.15. The van der Waals surface area contributed by atoms with Gasteiger partial charge in [0.2, 0.25) is 0 Å². The minimum atomic E-state index is 0.827. The Morgan fingerprint density at radius 1 is 0.357 bits per heavy atom. The molecule has 5 heteroatoms. The van der Waals surface area contributed by atoms with E-state index in [0.717, 1.165) is 78.0 Å². The summed E-state index contributed by atoms with van der Waals surface area (Å²) in [6.07, 6.45) is 1.79. The predicted octanol–water partition coefficient (Wildman–Crippen LogP) is 8.79. The Morgan fingerprint density at radius 3 is 1.64 bits per heavy atom. The lowest BCUT2D eigenvalue weighted by Crippen LogP contribution is -1.96. The summed E-state index contributed by atoms with van der Waals surface area (Å²) in [5.41, 5.74) is 10.7. The van der Waals surface area contributed by atoms with Gasteiger partial charge in [-0.3, -0.25) is 4.98 Å². The molecule has 0 unspecified atom stereocenters. The molecule has 0 radical (unpaired) electrons. The highest BCUT2D eigenvalue weighted by atomic mass is 14.8. The second-order valence-electron chi connectivity index (χ2n) is 10.2. The first-order chi connectivity index (χ1) is 20.8. The van der Waals surface area contributed by atoms with Gasteiger partial charge in [0.25, 0.3) is 0 Å². The van der Waals surface area contributed by atoms with Crippen LogP contribution < -0.4 is 0 Å². The molecule has 0 aliphatic rings. The second kappa shape index (κ2) is 9.98. The molecule has 0 bridgehead atoms. The Balaban J connectivity index is 1.28. The quantitative estimate of drug-likeness (QED) is 0.210. The molecule has 4 heterocycles. The molecule has 8 rings (SSSR count). The average Bonchev–Trinajstić information content (AvgIpc) is 3.08. The lowest BCUT2D eigenvalue weighted by atomic mass is 10.00. The lowest BCUT2D eigenvalue weighted by molar-refractivity contribution is 1.27. The second-order valence-corrected chi connectivity index (χ2v) is 10.2. The molecular formula is C37H23N5. The summed E-state index contributed by atoms with van der Waals surface area (Å²) < 4.78 is 0. The van der Waals surface area contributed by atoms with Gasteiger partial charge >= 0.3 is 0 Å². The van der Waals surface area contributed by atoms with E-state index in [-0.39, 0.29) is 0 Å². The Kier molecular flexibility index (Phi) is 5.71. The molecular weight excluding hydrogens is 514 g/mol. The summed E-state index contributed by atoms with van der Waals surface area (Å²) in [6.45, 7) is 0. The molecule has 0 saturated heterocycles. The normalized spacial score (nSPS) is 11.3. The van der Waals surface area contributed by atoms with Crippen LogP contribution in [0.1, 0.15) is 0 Å². The highest BCUT2D eigenvalue weighted by Crippen LogP contribution is 2.34. The molecule has 4 aromatic heterocycles. The Bertz CT molecular complexity index is 2250. The SMILES string of the molecule is c1ccc(-c2nc3ccccc3nc2-c2cccc(-c3ccc4ccc5ccc(-c6ccccn6)nc5c4n3)c2)cc1. The molecule has 196 valence electrons. The fraction of sp³-hybridized carbons (Fsp3) is 0. The zero-order chi connectivity index (χ0) is 27.9. The van der Waals surface area contributed by atoms with Crippen molar-refractivity contribution in [2.45, 2.75) is 0 Å². The van der Waals surface area contributed by atoms with E-state index in [1.165, 1.54) is 0 Å². The van der Waals surface area contributed by atoms with Crippen molar-refractivity contribution in [3.05, 3.63) is 140 Å². The maximum atomic E-state index is 5.15. The molecule has 0 saturated carbocycles. The fourth-order valence-corrected chi connectivity index (χ4v) is 5.41. The van der Waals surface area contributed by atoms with Gasteiger partial charge in [-0.05, 0) is 42.5 Å². The van der Waals surface area contributed by atoms with E-state index in [0.29, 0.717) is 0 Å². The summed E-state index contributed by atoms with van der Waals surface area (Å²) in [5.74, 6) is 0. The Morgan fingerprint density at radius 2 is 0.929 bits per heavy atom. The highest BCUT2D eigenvalue weighted by molar-refractivity contribution is 6.04. The van der Waals surface area contributed by atoms with Crippen LogP contribution in [0.2, 0.25) is 0 Å². The van der Waals surface area contributed by atoms with Crippen molar-refractivity contribution in [3.63, 3.8) is 0 Å². The number of benzene rings is 4. The van der Waals surface area contributed by atoms with Crippen LogP contribution in [-0.2, 0) is 0 Å². The number of fused-ring (bicyclic) bond motifs is 4. The number of aromatic nitrogens is 5. The zero-order valence-electron chi connectivity index (χ0n) is 22.5. The van der Waals surface area contributed by atoms with E-state index >= 15 is 0 Å². The van der Waals surface area contributed by atoms with Gasteiger partial charge in [-0.15, -0.1) is 0 Å². The lowest BCUT2D eigenvalue weighted by Gasteiger charge is -2.12. The van der Waals surface area contributed by atoms with Gasteiger partial charge in [0.1, 0.15) is 0 Å². The van der Waals surface area contributed by atoms with E-state index in [9.17, 15) is 0 Å². The standard InChI is InChI=1S/C37H23N5/c1-2-9-24(10-3-1)34-37(41-32-15-5-4-14-31(32)40-34)28-12-8-11-27(23-28)29-20-18-25-16-17-26-19-21-33(30-13-6-7-22-38-30)42-36(26)35(25)39-29/h1-23H. The molecule has 0 fully saturated rings. The third-order valence-electron chi connectivity index (χ3n) is 7.50. The summed E-state index contributed by atoms with van der Waals surface area (Å²) in [5, 5.41) is 2.08. The van der Waals surface area contributed by atoms with Gasteiger partial charge in [-0.2, -0.15) is 0 Å². The number of hydrogen-bond acceptors (Lipinski definition) is 5. The van der Waals surface area contributed by atoms with Crippen LogP contribution in [0.4, 0.5) is 0 Å². The smallest absolute Gasteiger partial charge is 0.0973 e. The summed E-state index contributed by atoms with van der Waals surface area (Å²) >= 11 is 0. The van der Waals surface area contributed by atoms with Crippen LogP contribution >= 0.6 is 0 Å². The van der Waals surface area contributed by atoms with Gasteiger partial charge in [-0.1, -0.05) is 91.0 Å². The number of hydrogen-bond donors (Lipinski definition) is 0. The molecule has 0 aliphatic heterocycles. The monoisotopic (exact) mass is 537 g/mol. The number of pyridine rings is 3.